The van der Waals surface area contributed by atoms with E-state index >= 15 is 0 Å². The molecule has 0 saturated carbocycles. The van der Waals surface area contributed by atoms with Gasteiger partial charge in [-0.25, -0.2) is 9.97 Å². The maximum Gasteiger partial charge on any atom is 0.150 e. The average Bonchev–Trinajstić information content (AvgIpc) is 2.83. The van der Waals surface area contributed by atoms with Crippen LogP contribution in [0.3, 0.4) is 0 Å². The van der Waals surface area contributed by atoms with Crippen LogP contribution in [0.5, 0.6) is 0 Å². The summed E-state index contributed by atoms with van der Waals surface area (Å²) in [6, 6.07) is 1.74. The molecule has 2 aromatic rings. The van der Waals surface area contributed by atoms with E-state index in [-0.39, 0.29) is 0 Å². The molecule has 0 amide bonds. The number of nitrogens with one attached hydrogen (secondary N) is 1. The molecule has 0 aliphatic carbocycles. The quantitative estimate of drug-likeness (QED) is 0.830. The molecule has 0 saturated heterocycles. The second-order valence-electron chi connectivity index (χ2n) is 4.77. The van der Waals surface area contributed by atoms with Gasteiger partial charge in [-0.05, 0) is 19.4 Å². The minimum atomic E-state index is 0.541. The van der Waals surface area contributed by atoms with E-state index in [0.717, 1.165) is 25.2 Å². The van der Waals surface area contributed by atoms with Crippen molar-refractivity contribution in [1.82, 2.24) is 9.97 Å². The molecule has 7 heteroatoms. The molecule has 2 aromatic heterocycles. The van der Waals surface area contributed by atoms with Crippen LogP contribution in [-0.4, -0.2) is 23.6 Å². The number of hydrogen-bond acceptors (Lipinski definition) is 5. The van der Waals surface area contributed by atoms with Crippen molar-refractivity contribution in [1.29, 1.82) is 0 Å². The van der Waals surface area contributed by atoms with Crippen LogP contribution in [0.2, 0.25) is 10.0 Å². The fourth-order valence-electron chi connectivity index (χ4n) is 1.86. The SMILES string of the molecule is CCCNc1nc(N(C)Cc2scnc2C)c(Cl)cc1Cl. The summed E-state index contributed by atoms with van der Waals surface area (Å²) in [5.41, 5.74) is 2.89. The highest BCUT2D eigenvalue weighted by atomic mass is 35.5. The summed E-state index contributed by atoms with van der Waals surface area (Å²) in [6.45, 7) is 5.64. The molecular weight excluding hydrogens is 327 g/mol. The molecule has 2 heterocycles. The smallest absolute Gasteiger partial charge is 0.150 e. The maximum absolute atomic E-state index is 6.28. The molecule has 0 bridgehead atoms. The number of aryl methyl sites for hydroxylation is 1. The predicted octanol–water partition coefficient (Wildman–Crippen LogP) is 4.61. The third-order valence-corrected chi connectivity index (χ3v) is 4.53. The summed E-state index contributed by atoms with van der Waals surface area (Å²) in [5.74, 6) is 1.39. The van der Waals surface area contributed by atoms with Gasteiger partial charge in [-0.1, -0.05) is 30.1 Å². The van der Waals surface area contributed by atoms with Gasteiger partial charge in [0.2, 0.25) is 0 Å². The summed E-state index contributed by atoms with van der Waals surface area (Å²) in [5, 5.41) is 4.31. The summed E-state index contributed by atoms with van der Waals surface area (Å²) in [4.78, 5) is 12.0. The zero-order valence-electron chi connectivity index (χ0n) is 12.3. The molecule has 0 fully saturated rings. The number of thiazole rings is 1. The summed E-state index contributed by atoms with van der Waals surface area (Å²) >= 11 is 14.1. The zero-order valence-corrected chi connectivity index (χ0v) is 14.6. The van der Waals surface area contributed by atoms with Crippen molar-refractivity contribution in [3.63, 3.8) is 0 Å². The van der Waals surface area contributed by atoms with Crippen LogP contribution in [-0.2, 0) is 6.54 Å². The van der Waals surface area contributed by atoms with Crippen LogP contribution in [0.4, 0.5) is 11.6 Å². The lowest BCUT2D eigenvalue weighted by atomic mass is 10.3. The first-order valence-electron chi connectivity index (χ1n) is 6.73. The van der Waals surface area contributed by atoms with Crippen molar-refractivity contribution in [2.45, 2.75) is 26.8 Å². The van der Waals surface area contributed by atoms with Crippen molar-refractivity contribution in [2.24, 2.45) is 0 Å². The van der Waals surface area contributed by atoms with Crippen LogP contribution in [0.15, 0.2) is 11.6 Å². The lowest BCUT2D eigenvalue weighted by molar-refractivity contribution is 0.897. The van der Waals surface area contributed by atoms with E-state index < -0.39 is 0 Å². The van der Waals surface area contributed by atoms with Crippen LogP contribution in [0.25, 0.3) is 0 Å². The fraction of sp³-hybridized carbons (Fsp3) is 0.429. The second kappa shape index (κ2) is 7.29. The van der Waals surface area contributed by atoms with E-state index in [1.165, 1.54) is 4.88 Å². The number of halogens is 2. The normalized spacial score (nSPS) is 10.7. The van der Waals surface area contributed by atoms with Crippen molar-refractivity contribution in [3.8, 4) is 0 Å². The molecule has 0 unspecified atom stereocenters. The van der Waals surface area contributed by atoms with Crippen LogP contribution in [0, 0.1) is 6.92 Å². The van der Waals surface area contributed by atoms with E-state index in [0.29, 0.717) is 21.7 Å². The van der Waals surface area contributed by atoms with Gasteiger partial charge in [-0.15, -0.1) is 11.3 Å². The first-order valence-corrected chi connectivity index (χ1v) is 8.36. The number of pyridine rings is 1. The molecule has 114 valence electrons. The number of aromatic nitrogens is 2. The van der Waals surface area contributed by atoms with E-state index in [1.54, 1.807) is 17.4 Å². The maximum atomic E-state index is 6.28. The van der Waals surface area contributed by atoms with E-state index in [1.807, 2.05) is 24.4 Å². The third-order valence-electron chi connectivity index (χ3n) is 3.04. The monoisotopic (exact) mass is 344 g/mol. The highest BCUT2D eigenvalue weighted by Gasteiger charge is 2.14. The predicted molar refractivity (Wildman–Crippen MR) is 92.0 cm³/mol. The largest absolute Gasteiger partial charge is 0.369 e. The Bertz CT molecular complexity index is 615. The molecule has 21 heavy (non-hydrogen) atoms. The molecule has 0 aromatic carbocycles. The molecule has 0 atom stereocenters. The molecule has 0 spiro atoms. The van der Waals surface area contributed by atoms with Gasteiger partial charge in [0.1, 0.15) is 11.6 Å². The minimum Gasteiger partial charge on any atom is -0.369 e. The van der Waals surface area contributed by atoms with Crippen molar-refractivity contribution in [3.05, 3.63) is 32.2 Å². The Labute approximate surface area is 139 Å². The summed E-state index contributed by atoms with van der Waals surface area (Å²) in [7, 11) is 1.96. The fourth-order valence-corrected chi connectivity index (χ4v) is 3.26. The van der Waals surface area contributed by atoms with Gasteiger partial charge in [0, 0.05) is 18.5 Å². The Hall–Kier alpha value is -1.04. The first-order chi connectivity index (χ1) is 10.0. The van der Waals surface area contributed by atoms with Crippen LogP contribution in [0.1, 0.15) is 23.9 Å². The molecule has 0 radical (unpaired) electrons. The molecule has 4 nitrogen and oxygen atoms in total. The minimum absolute atomic E-state index is 0.541. The van der Waals surface area contributed by atoms with Crippen molar-refractivity contribution in [2.75, 3.05) is 23.8 Å². The molecular formula is C14H18Cl2N4S. The van der Waals surface area contributed by atoms with E-state index in [2.05, 4.69) is 22.2 Å². The Balaban J connectivity index is 2.23. The van der Waals surface area contributed by atoms with E-state index in [9.17, 15) is 0 Å². The standard InChI is InChI=1S/C14H18Cl2N4S/c1-4-5-17-13-10(15)6-11(16)14(19-13)20(3)7-12-9(2)18-8-21-12/h6,8H,4-5,7H2,1-3H3,(H,17,19). The molecule has 0 aliphatic heterocycles. The topological polar surface area (TPSA) is 41.1 Å². The average molecular weight is 345 g/mol. The number of hydrogen-bond donors (Lipinski definition) is 1. The van der Waals surface area contributed by atoms with E-state index in [4.69, 9.17) is 23.2 Å². The Kier molecular flexibility index (Phi) is 5.67. The highest BCUT2D eigenvalue weighted by Crippen LogP contribution is 2.32. The van der Waals surface area contributed by atoms with Gasteiger partial charge in [0.15, 0.2) is 0 Å². The molecule has 0 aliphatic rings. The van der Waals surface area contributed by atoms with Crippen LogP contribution < -0.4 is 10.2 Å². The molecule has 2 rings (SSSR count). The summed E-state index contributed by atoms with van der Waals surface area (Å²) < 4.78 is 0. The first kappa shape index (κ1) is 16.3. The Morgan fingerprint density at radius 2 is 2.10 bits per heavy atom. The zero-order chi connectivity index (χ0) is 15.4. The Morgan fingerprint density at radius 1 is 1.33 bits per heavy atom. The van der Waals surface area contributed by atoms with Crippen molar-refractivity contribution < 1.29 is 0 Å². The van der Waals surface area contributed by atoms with Gasteiger partial charge in [0.25, 0.3) is 0 Å². The van der Waals surface area contributed by atoms with Gasteiger partial charge >= 0.3 is 0 Å². The number of anilines is 2. The molecule has 1 N–H and O–H groups in total. The van der Waals surface area contributed by atoms with Gasteiger partial charge < -0.3 is 10.2 Å². The second-order valence-corrected chi connectivity index (χ2v) is 6.52. The van der Waals surface area contributed by atoms with Gasteiger partial charge in [-0.2, -0.15) is 0 Å². The lowest BCUT2D eigenvalue weighted by Crippen LogP contribution is -2.19. The Morgan fingerprint density at radius 3 is 2.71 bits per heavy atom. The van der Waals surface area contributed by atoms with Gasteiger partial charge in [-0.3, -0.25) is 0 Å². The van der Waals surface area contributed by atoms with Gasteiger partial charge in [0.05, 0.1) is 27.8 Å². The highest BCUT2D eigenvalue weighted by molar-refractivity contribution is 7.09. The number of nitrogens with zero attached hydrogens (tertiary/aromatic N) is 3. The van der Waals surface area contributed by atoms with Crippen molar-refractivity contribution >= 4 is 46.2 Å². The number of rotatable bonds is 6. The summed E-state index contributed by atoms with van der Waals surface area (Å²) in [6.07, 6.45) is 1.01. The lowest BCUT2D eigenvalue weighted by Gasteiger charge is -2.20. The third kappa shape index (κ3) is 3.99. The van der Waals surface area contributed by atoms with Crippen LogP contribution >= 0.6 is 34.5 Å².